The number of ether oxygens (including phenoxy) is 3. The van der Waals surface area contributed by atoms with Crippen LogP contribution in [0.3, 0.4) is 0 Å². The molecule has 3 rings (SSSR count). The monoisotopic (exact) mass is 334 g/mol. The predicted octanol–water partition coefficient (Wildman–Crippen LogP) is 1.83. The van der Waals surface area contributed by atoms with Crippen LogP contribution in [0.5, 0.6) is 11.5 Å². The van der Waals surface area contributed by atoms with E-state index >= 15 is 0 Å². The Morgan fingerprint density at radius 1 is 1.21 bits per heavy atom. The molecule has 128 valence electrons. The van der Waals surface area contributed by atoms with Gasteiger partial charge in [0.25, 0.3) is 0 Å². The van der Waals surface area contributed by atoms with Crippen molar-refractivity contribution >= 4 is 11.6 Å². The third kappa shape index (κ3) is 2.28. The molecule has 0 spiro atoms. The smallest absolute Gasteiger partial charge is 0.232 e. The molecule has 7 heteroatoms. The zero-order valence-corrected chi connectivity index (χ0v) is 13.6. The second-order valence-electron chi connectivity index (χ2n) is 5.84. The molecule has 2 N–H and O–H groups in total. The van der Waals surface area contributed by atoms with Crippen molar-refractivity contribution in [1.82, 2.24) is 0 Å². The number of phenols is 2. The van der Waals surface area contributed by atoms with Gasteiger partial charge in [0.2, 0.25) is 5.78 Å². The Kier molecular flexibility index (Phi) is 3.85. The standard InChI is InChI=1S/C17H18O7/c1-4-23-17(2)6-8-9(7-24-17)15(20)12-10(18)5-11(22-3)16(21)13(12)14(8)19/h5,19-20H,4,6-7H2,1-3H3/t17-/m1/s1. The Morgan fingerprint density at radius 3 is 2.50 bits per heavy atom. The Hall–Kier alpha value is -2.38. The SMILES string of the molecule is CCO[C@@]1(C)Cc2c(O)c3c(c(O)c2CO1)C(=O)C=C(OC)C3=O. The van der Waals surface area contributed by atoms with E-state index in [1.165, 1.54) is 7.11 Å². The lowest BCUT2D eigenvalue weighted by Gasteiger charge is -2.36. The molecule has 1 heterocycles. The lowest BCUT2D eigenvalue weighted by molar-refractivity contribution is -0.235. The number of ketones is 2. The zero-order chi connectivity index (χ0) is 17.6. The van der Waals surface area contributed by atoms with Gasteiger partial charge in [-0.3, -0.25) is 9.59 Å². The maximum absolute atomic E-state index is 12.5. The fraction of sp³-hybridized carbons (Fsp3) is 0.412. The quantitative estimate of drug-likeness (QED) is 0.813. The normalized spacial score (nSPS) is 22.7. The molecule has 1 aromatic carbocycles. The van der Waals surface area contributed by atoms with Crippen LogP contribution in [0.15, 0.2) is 11.8 Å². The van der Waals surface area contributed by atoms with Crippen molar-refractivity contribution in [2.24, 2.45) is 0 Å². The minimum Gasteiger partial charge on any atom is -0.507 e. The summed E-state index contributed by atoms with van der Waals surface area (Å²) in [6.45, 7) is 3.88. The summed E-state index contributed by atoms with van der Waals surface area (Å²) in [4.78, 5) is 24.7. The molecule has 0 aromatic heterocycles. The number of hydrogen-bond donors (Lipinski definition) is 2. The van der Waals surface area contributed by atoms with E-state index in [-0.39, 0.29) is 41.4 Å². The van der Waals surface area contributed by atoms with Crippen LogP contribution in [0, 0.1) is 0 Å². The van der Waals surface area contributed by atoms with E-state index in [0.29, 0.717) is 17.7 Å². The van der Waals surface area contributed by atoms with E-state index in [1.807, 2.05) is 6.92 Å². The average molecular weight is 334 g/mol. The van der Waals surface area contributed by atoms with Crippen molar-refractivity contribution in [3.63, 3.8) is 0 Å². The Labute approximate surface area is 138 Å². The number of rotatable bonds is 3. The van der Waals surface area contributed by atoms with Crippen LogP contribution in [0.2, 0.25) is 0 Å². The number of methoxy groups -OCH3 is 1. The van der Waals surface area contributed by atoms with Crippen LogP contribution in [0.25, 0.3) is 0 Å². The van der Waals surface area contributed by atoms with Crippen molar-refractivity contribution in [2.75, 3.05) is 13.7 Å². The molecule has 1 aliphatic carbocycles. The number of carbonyl (C=O) groups excluding carboxylic acids is 2. The highest BCUT2D eigenvalue weighted by Gasteiger charge is 2.41. The van der Waals surface area contributed by atoms with Gasteiger partial charge in [-0.2, -0.15) is 0 Å². The van der Waals surface area contributed by atoms with Gasteiger partial charge >= 0.3 is 0 Å². The fourth-order valence-electron chi connectivity index (χ4n) is 3.16. The summed E-state index contributed by atoms with van der Waals surface area (Å²) in [6, 6.07) is 0. The van der Waals surface area contributed by atoms with E-state index in [1.54, 1.807) is 6.92 Å². The molecule has 0 unspecified atom stereocenters. The number of hydrogen-bond acceptors (Lipinski definition) is 7. The van der Waals surface area contributed by atoms with Crippen LogP contribution in [0.4, 0.5) is 0 Å². The first-order valence-electron chi connectivity index (χ1n) is 7.55. The lowest BCUT2D eigenvalue weighted by atomic mass is 9.84. The first-order valence-corrected chi connectivity index (χ1v) is 7.55. The maximum Gasteiger partial charge on any atom is 0.232 e. The molecule has 0 amide bonds. The number of benzene rings is 1. The van der Waals surface area contributed by atoms with Gasteiger partial charge in [-0.1, -0.05) is 0 Å². The van der Waals surface area contributed by atoms with Gasteiger partial charge in [0.15, 0.2) is 17.3 Å². The van der Waals surface area contributed by atoms with Gasteiger partial charge in [-0.15, -0.1) is 0 Å². The van der Waals surface area contributed by atoms with Gasteiger partial charge in [0, 0.05) is 30.2 Å². The summed E-state index contributed by atoms with van der Waals surface area (Å²) >= 11 is 0. The van der Waals surface area contributed by atoms with Crippen LogP contribution in [-0.4, -0.2) is 41.3 Å². The molecule has 1 aliphatic heterocycles. The first kappa shape index (κ1) is 16.5. The highest BCUT2D eigenvalue weighted by molar-refractivity contribution is 6.26. The van der Waals surface area contributed by atoms with E-state index in [9.17, 15) is 19.8 Å². The molecule has 0 fully saturated rings. The summed E-state index contributed by atoms with van der Waals surface area (Å²) < 4.78 is 16.1. The van der Waals surface area contributed by atoms with Crippen LogP contribution in [-0.2, 0) is 27.2 Å². The fourth-order valence-corrected chi connectivity index (χ4v) is 3.16. The molecule has 2 aliphatic rings. The molecule has 0 saturated heterocycles. The first-order chi connectivity index (χ1) is 11.3. The molecule has 0 saturated carbocycles. The van der Waals surface area contributed by atoms with Crippen molar-refractivity contribution in [3.05, 3.63) is 34.1 Å². The van der Waals surface area contributed by atoms with Crippen molar-refractivity contribution in [2.45, 2.75) is 32.7 Å². The van der Waals surface area contributed by atoms with E-state index < -0.39 is 17.4 Å². The minimum atomic E-state index is -0.985. The zero-order valence-electron chi connectivity index (χ0n) is 13.6. The van der Waals surface area contributed by atoms with Crippen LogP contribution < -0.4 is 0 Å². The molecular formula is C17H18O7. The Balaban J connectivity index is 2.21. The molecule has 0 radical (unpaired) electrons. The summed E-state index contributed by atoms with van der Waals surface area (Å²) in [5.74, 6) is -3.10. The molecular weight excluding hydrogens is 316 g/mol. The summed E-state index contributed by atoms with van der Waals surface area (Å²) in [6.07, 6.45) is 1.14. The topological polar surface area (TPSA) is 102 Å². The lowest BCUT2D eigenvalue weighted by Crippen LogP contribution is -2.38. The van der Waals surface area contributed by atoms with Crippen LogP contribution >= 0.6 is 0 Å². The van der Waals surface area contributed by atoms with Crippen molar-refractivity contribution in [1.29, 1.82) is 0 Å². The van der Waals surface area contributed by atoms with E-state index in [4.69, 9.17) is 14.2 Å². The van der Waals surface area contributed by atoms with Crippen molar-refractivity contribution in [3.8, 4) is 11.5 Å². The second kappa shape index (κ2) is 5.61. The van der Waals surface area contributed by atoms with Gasteiger partial charge in [0.05, 0.1) is 24.8 Å². The minimum absolute atomic E-state index is 0.0408. The largest absolute Gasteiger partial charge is 0.507 e. The number of Topliss-reactive ketones (excluding diaryl/α,β-unsaturated/α-hetero) is 1. The third-order valence-electron chi connectivity index (χ3n) is 4.31. The second-order valence-corrected chi connectivity index (χ2v) is 5.84. The van der Waals surface area contributed by atoms with Gasteiger partial charge in [-0.05, 0) is 13.8 Å². The highest BCUT2D eigenvalue weighted by Crippen LogP contribution is 2.45. The number of allylic oxidation sites excluding steroid dienone is 2. The number of fused-ring (bicyclic) bond motifs is 2. The number of phenolic OH excluding ortho intramolecular Hbond substituents is 2. The van der Waals surface area contributed by atoms with Crippen LogP contribution in [0.1, 0.15) is 45.7 Å². The molecule has 1 aromatic rings. The van der Waals surface area contributed by atoms with E-state index in [2.05, 4.69) is 0 Å². The maximum atomic E-state index is 12.5. The molecule has 24 heavy (non-hydrogen) atoms. The molecule has 7 nitrogen and oxygen atoms in total. The summed E-state index contributed by atoms with van der Waals surface area (Å²) in [7, 11) is 1.26. The van der Waals surface area contributed by atoms with Gasteiger partial charge in [0.1, 0.15) is 11.5 Å². The Morgan fingerprint density at radius 2 is 1.88 bits per heavy atom. The average Bonchev–Trinajstić information content (AvgIpc) is 2.54. The van der Waals surface area contributed by atoms with Crippen molar-refractivity contribution < 1.29 is 34.0 Å². The van der Waals surface area contributed by atoms with Gasteiger partial charge in [-0.25, -0.2) is 0 Å². The predicted molar refractivity (Wildman–Crippen MR) is 82.0 cm³/mol. The van der Waals surface area contributed by atoms with Gasteiger partial charge < -0.3 is 24.4 Å². The number of aromatic hydroxyl groups is 2. The molecule has 1 atom stereocenters. The summed E-state index contributed by atoms with van der Waals surface area (Å²) in [5.41, 5.74) is 0.169. The molecule has 0 bridgehead atoms. The number of carbonyl (C=O) groups is 2. The highest BCUT2D eigenvalue weighted by atomic mass is 16.7. The summed E-state index contributed by atoms with van der Waals surface area (Å²) in [5, 5.41) is 21.1. The third-order valence-corrected chi connectivity index (χ3v) is 4.31. The Bertz CT molecular complexity index is 778. The van der Waals surface area contributed by atoms with E-state index in [0.717, 1.165) is 6.08 Å².